The number of hydrogen-bond acceptors (Lipinski definition) is 4. The van der Waals surface area contributed by atoms with Crippen LogP contribution in [0.3, 0.4) is 0 Å². The van der Waals surface area contributed by atoms with Crippen molar-refractivity contribution >= 4 is 10.0 Å². The van der Waals surface area contributed by atoms with Gasteiger partial charge in [-0.2, -0.15) is 0 Å². The molecule has 2 rings (SSSR count). The Balaban J connectivity index is 2.31. The van der Waals surface area contributed by atoms with Gasteiger partial charge in [0, 0.05) is 6.04 Å². The number of ether oxygens (including phenoxy) is 2. The fourth-order valence-corrected chi connectivity index (χ4v) is 3.89. The van der Waals surface area contributed by atoms with E-state index in [2.05, 4.69) is 4.72 Å². The fraction of sp³-hybridized carbons (Fsp3) is 0.333. The van der Waals surface area contributed by atoms with Gasteiger partial charge in [0.05, 0.1) is 19.1 Å². The smallest absolute Gasteiger partial charge is 0.241 e. The molecule has 0 fully saturated rings. The van der Waals surface area contributed by atoms with Crippen molar-refractivity contribution in [2.75, 3.05) is 14.2 Å². The molecule has 7 heteroatoms. The van der Waals surface area contributed by atoms with E-state index in [0.29, 0.717) is 6.42 Å². The van der Waals surface area contributed by atoms with Gasteiger partial charge in [-0.15, -0.1) is 0 Å². The van der Waals surface area contributed by atoms with Gasteiger partial charge in [-0.05, 0) is 48.7 Å². The van der Waals surface area contributed by atoms with Crippen LogP contribution in [0, 0.1) is 12.7 Å². The molecule has 2 aromatic rings. The number of benzene rings is 2. The summed E-state index contributed by atoms with van der Waals surface area (Å²) >= 11 is 0. The van der Waals surface area contributed by atoms with E-state index in [1.54, 1.807) is 13.2 Å². The van der Waals surface area contributed by atoms with Gasteiger partial charge in [-0.25, -0.2) is 17.5 Å². The van der Waals surface area contributed by atoms with E-state index in [1.165, 1.54) is 19.2 Å². The molecule has 0 heterocycles. The lowest BCUT2D eigenvalue weighted by atomic mass is 10.0. The molecular weight excluding hydrogens is 345 g/mol. The predicted molar refractivity (Wildman–Crippen MR) is 94.0 cm³/mol. The minimum atomic E-state index is -3.87. The van der Waals surface area contributed by atoms with E-state index in [0.717, 1.165) is 22.9 Å². The summed E-state index contributed by atoms with van der Waals surface area (Å²) in [7, 11) is -0.966. The Morgan fingerprint density at radius 2 is 1.72 bits per heavy atom. The van der Waals surface area contributed by atoms with Crippen LogP contribution in [0.1, 0.15) is 30.5 Å². The maximum atomic E-state index is 13.8. The largest absolute Gasteiger partial charge is 0.496 e. The zero-order chi connectivity index (χ0) is 18.6. The van der Waals surface area contributed by atoms with Crippen molar-refractivity contribution in [3.8, 4) is 11.5 Å². The highest BCUT2D eigenvalue weighted by atomic mass is 32.2. The first-order valence-electron chi connectivity index (χ1n) is 7.82. The zero-order valence-electron chi connectivity index (χ0n) is 14.7. The Bertz CT molecular complexity index is 852. The highest BCUT2D eigenvalue weighted by molar-refractivity contribution is 7.89. The Kier molecular flexibility index (Phi) is 6.02. The molecule has 0 unspecified atom stereocenters. The monoisotopic (exact) mass is 367 g/mol. The molecule has 0 amide bonds. The van der Waals surface area contributed by atoms with Crippen molar-refractivity contribution in [3.63, 3.8) is 0 Å². The summed E-state index contributed by atoms with van der Waals surface area (Å²) < 4.78 is 51.7. The van der Waals surface area contributed by atoms with Crippen molar-refractivity contribution in [1.29, 1.82) is 0 Å². The lowest BCUT2D eigenvalue weighted by molar-refractivity contribution is 0.385. The van der Waals surface area contributed by atoms with Crippen LogP contribution in [0.2, 0.25) is 0 Å². The maximum Gasteiger partial charge on any atom is 0.241 e. The molecule has 0 spiro atoms. The molecule has 1 N–H and O–H groups in total. The molecule has 0 aliphatic rings. The summed E-state index contributed by atoms with van der Waals surface area (Å²) in [5.74, 6) is 0.00849. The summed E-state index contributed by atoms with van der Waals surface area (Å²) in [5, 5.41) is 0. The van der Waals surface area contributed by atoms with Crippen LogP contribution in [0.4, 0.5) is 4.39 Å². The average Bonchev–Trinajstić information content (AvgIpc) is 2.59. The van der Waals surface area contributed by atoms with Gasteiger partial charge in [0.2, 0.25) is 10.0 Å². The topological polar surface area (TPSA) is 64.6 Å². The molecule has 1 atom stereocenters. The minimum absolute atomic E-state index is 0.00299. The third-order valence-electron chi connectivity index (χ3n) is 3.96. The molecule has 2 aromatic carbocycles. The molecule has 136 valence electrons. The van der Waals surface area contributed by atoms with Crippen LogP contribution in [0.25, 0.3) is 0 Å². The van der Waals surface area contributed by atoms with Gasteiger partial charge >= 0.3 is 0 Å². The second kappa shape index (κ2) is 7.84. The third kappa shape index (κ3) is 4.29. The molecule has 5 nitrogen and oxygen atoms in total. The van der Waals surface area contributed by atoms with Crippen molar-refractivity contribution in [1.82, 2.24) is 4.72 Å². The second-order valence-electron chi connectivity index (χ2n) is 5.61. The van der Waals surface area contributed by atoms with Gasteiger partial charge in [0.15, 0.2) is 11.6 Å². The van der Waals surface area contributed by atoms with E-state index >= 15 is 0 Å². The number of nitrogens with one attached hydrogen (secondary N) is 1. The molecule has 25 heavy (non-hydrogen) atoms. The lowest BCUT2D eigenvalue weighted by Gasteiger charge is -2.19. The Hall–Kier alpha value is -2.12. The van der Waals surface area contributed by atoms with Crippen LogP contribution in [0.15, 0.2) is 41.3 Å². The maximum absolute atomic E-state index is 13.8. The number of hydrogen-bond donors (Lipinski definition) is 1. The Morgan fingerprint density at radius 3 is 2.24 bits per heavy atom. The van der Waals surface area contributed by atoms with Gasteiger partial charge in [0.1, 0.15) is 5.75 Å². The van der Waals surface area contributed by atoms with E-state index in [4.69, 9.17) is 9.47 Å². The first-order valence-corrected chi connectivity index (χ1v) is 9.31. The van der Waals surface area contributed by atoms with E-state index < -0.39 is 21.9 Å². The molecule has 0 radical (unpaired) electrons. The SMILES string of the molecule is CC[C@@H](NS(=O)(=O)c1ccc(OC)c(F)c1)c1ccc(OC)c(C)c1. The van der Waals surface area contributed by atoms with Crippen LogP contribution >= 0.6 is 0 Å². The van der Waals surface area contributed by atoms with E-state index in [9.17, 15) is 12.8 Å². The minimum Gasteiger partial charge on any atom is -0.496 e. The normalized spacial score (nSPS) is 12.7. The first-order chi connectivity index (χ1) is 11.8. The molecular formula is C18H22FNO4S. The van der Waals surface area contributed by atoms with E-state index in [1.807, 2.05) is 26.0 Å². The number of methoxy groups -OCH3 is 2. The molecule has 0 aliphatic carbocycles. The number of aryl methyl sites for hydroxylation is 1. The van der Waals surface area contributed by atoms with Gasteiger partial charge < -0.3 is 9.47 Å². The first kappa shape index (κ1) is 19.2. The number of halogens is 1. The summed E-state index contributed by atoms with van der Waals surface area (Å²) in [5.41, 5.74) is 1.73. The van der Waals surface area contributed by atoms with Crippen molar-refractivity contribution in [3.05, 3.63) is 53.3 Å². The van der Waals surface area contributed by atoms with Crippen LogP contribution in [-0.2, 0) is 10.0 Å². The highest BCUT2D eigenvalue weighted by Crippen LogP contribution is 2.27. The highest BCUT2D eigenvalue weighted by Gasteiger charge is 2.22. The molecule has 0 bridgehead atoms. The van der Waals surface area contributed by atoms with Crippen molar-refractivity contribution in [2.24, 2.45) is 0 Å². The van der Waals surface area contributed by atoms with Crippen molar-refractivity contribution < 1.29 is 22.3 Å². The number of sulfonamides is 1. The average molecular weight is 367 g/mol. The third-order valence-corrected chi connectivity index (χ3v) is 5.43. The summed E-state index contributed by atoms with van der Waals surface area (Å²) in [6.07, 6.45) is 0.545. The lowest BCUT2D eigenvalue weighted by Crippen LogP contribution is -2.28. The molecule has 0 saturated carbocycles. The second-order valence-corrected chi connectivity index (χ2v) is 7.32. The van der Waals surface area contributed by atoms with Gasteiger partial charge in [-0.3, -0.25) is 0 Å². The zero-order valence-corrected chi connectivity index (χ0v) is 15.5. The van der Waals surface area contributed by atoms with Crippen LogP contribution in [-0.4, -0.2) is 22.6 Å². The fourth-order valence-electron chi connectivity index (χ4n) is 2.58. The van der Waals surface area contributed by atoms with Crippen LogP contribution < -0.4 is 14.2 Å². The quantitative estimate of drug-likeness (QED) is 0.812. The Morgan fingerprint density at radius 1 is 1.08 bits per heavy atom. The standard InChI is InChI=1S/C18H22FNO4S/c1-5-16(13-6-8-17(23-3)12(2)10-13)20-25(21,22)14-7-9-18(24-4)15(19)11-14/h6-11,16,20H,5H2,1-4H3/t16-/m1/s1. The summed E-state index contributed by atoms with van der Waals surface area (Å²) in [6.45, 7) is 3.77. The number of rotatable bonds is 7. The molecule has 0 aromatic heterocycles. The summed E-state index contributed by atoms with van der Waals surface area (Å²) in [6, 6.07) is 8.63. The Labute approximate surface area is 147 Å². The van der Waals surface area contributed by atoms with Crippen molar-refractivity contribution in [2.45, 2.75) is 31.2 Å². The molecule has 0 saturated heterocycles. The predicted octanol–water partition coefficient (Wildman–Crippen LogP) is 3.58. The summed E-state index contributed by atoms with van der Waals surface area (Å²) in [4.78, 5) is -0.144. The van der Waals surface area contributed by atoms with Gasteiger partial charge in [-0.1, -0.05) is 19.1 Å². The molecule has 0 aliphatic heterocycles. The van der Waals surface area contributed by atoms with Gasteiger partial charge in [0.25, 0.3) is 0 Å². The van der Waals surface area contributed by atoms with E-state index in [-0.39, 0.29) is 10.6 Å². The van der Waals surface area contributed by atoms with Crippen LogP contribution in [0.5, 0.6) is 11.5 Å².